The summed E-state index contributed by atoms with van der Waals surface area (Å²) in [6.45, 7) is 0. The Kier molecular flexibility index (Phi) is 5.30. The first-order valence-electron chi connectivity index (χ1n) is 11.3. The van der Waals surface area contributed by atoms with Crippen molar-refractivity contribution in [2.24, 2.45) is 0 Å². The Morgan fingerprint density at radius 3 is 1.58 bits per heavy atom. The molecule has 0 N–H and O–H groups in total. The molecule has 2 heteroatoms. The third kappa shape index (κ3) is 3.59. The van der Waals surface area contributed by atoms with E-state index in [0.29, 0.717) is 0 Å². The first-order chi connectivity index (χ1) is 16.3. The lowest BCUT2D eigenvalue weighted by Crippen LogP contribution is -2.32. The standard InChI is InChI=1S/C31H24PS/c1-4-13-25(14-5-1)32(26-15-6-2-7-16-26,27-17-8-3-9-18-27)23-28-22-30-29-19-11-10-12-24(29)20-21-31(30)33-28/h1-22H,23H2/q+1. The van der Waals surface area contributed by atoms with Crippen molar-refractivity contribution in [3.63, 3.8) is 0 Å². The average Bonchev–Trinajstić information content (AvgIpc) is 3.32. The highest BCUT2D eigenvalue weighted by Gasteiger charge is 2.45. The van der Waals surface area contributed by atoms with Gasteiger partial charge in [-0.2, -0.15) is 0 Å². The van der Waals surface area contributed by atoms with Crippen LogP contribution >= 0.6 is 18.6 Å². The van der Waals surface area contributed by atoms with Crippen molar-refractivity contribution in [1.29, 1.82) is 0 Å². The quantitative estimate of drug-likeness (QED) is 0.234. The average molecular weight is 460 g/mol. The second kappa shape index (κ2) is 8.60. The summed E-state index contributed by atoms with van der Waals surface area (Å²) in [7, 11) is -1.88. The lowest BCUT2D eigenvalue weighted by Gasteiger charge is -2.27. The molecular weight excluding hydrogens is 435 g/mol. The topological polar surface area (TPSA) is 0 Å². The number of benzene rings is 5. The molecule has 0 spiro atoms. The minimum absolute atomic E-state index is 1.03. The van der Waals surface area contributed by atoms with Gasteiger partial charge in [-0.25, -0.2) is 0 Å². The van der Waals surface area contributed by atoms with Gasteiger partial charge in [0, 0.05) is 15.0 Å². The van der Waals surface area contributed by atoms with E-state index < -0.39 is 7.26 Å². The van der Waals surface area contributed by atoms with Crippen LogP contribution in [0.5, 0.6) is 0 Å². The molecule has 0 saturated carbocycles. The minimum Gasteiger partial charge on any atom is -0.136 e. The van der Waals surface area contributed by atoms with Crippen molar-refractivity contribution in [2.45, 2.75) is 6.16 Å². The molecule has 5 aromatic carbocycles. The van der Waals surface area contributed by atoms with Crippen LogP contribution in [0.25, 0.3) is 20.9 Å². The molecule has 6 aromatic rings. The molecule has 6 rings (SSSR count). The fourth-order valence-electron chi connectivity index (χ4n) is 4.93. The molecule has 0 radical (unpaired) electrons. The summed E-state index contributed by atoms with van der Waals surface area (Å²) in [5, 5.41) is 8.34. The van der Waals surface area contributed by atoms with Crippen LogP contribution in [0.2, 0.25) is 0 Å². The summed E-state index contributed by atoms with van der Waals surface area (Å²) in [4.78, 5) is 1.45. The van der Waals surface area contributed by atoms with E-state index >= 15 is 0 Å². The third-order valence-corrected chi connectivity index (χ3v) is 12.1. The van der Waals surface area contributed by atoms with Gasteiger partial charge in [0.05, 0.1) is 0 Å². The predicted octanol–water partition coefficient (Wildman–Crippen LogP) is 7.55. The normalized spacial score (nSPS) is 11.8. The van der Waals surface area contributed by atoms with E-state index in [1.807, 2.05) is 11.3 Å². The van der Waals surface area contributed by atoms with Crippen LogP contribution in [-0.2, 0) is 6.16 Å². The van der Waals surface area contributed by atoms with Crippen molar-refractivity contribution >= 4 is 55.4 Å². The van der Waals surface area contributed by atoms with Crippen LogP contribution < -0.4 is 15.9 Å². The fourth-order valence-corrected chi connectivity index (χ4v) is 10.7. The van der Waals surface area contributed by atoms with E-state index in [4.69, 9.17) is 0 Å². The molecule has 0 aliphatic rings. The summed E-state index contributed by atoms with van der Waals surface area (Å²) in [5.41, 5.74) is 0. The number of hydrogen-bond acceptors (Lipinski definition) is 1. The highest BCUT2D eigenvalue weighted by molar-refractivity contribution is 7.95. The summed E-state index contributed by atoms with van der Waals surface area (Å²) in [5.74, 6) is 0. The second-order valence-electron chi connectivity index (χ2n) is 8.39. The number of thiophene rings is 1. The Balaban J connectivity index is 1.61. The van der Waals surface area contributed by atoms with Crippen LogP contribution in [0.15, 0.2) is 133 Å². The number of fused-ring (bicyclic) bond motifs is 3. The minimum atomic E-state index is -1.88. The maximum atomic E-state index is 2.45. The number of hydrogen-bond donors (Lipinski definition) is 0. The molecule has 0 aliphatic heterocycles. The zero-order valence-electron chi connectivity index (χ0n) is 18.3. The zero-order chi connectivity index (χ0) is 22.1. The van der Waals surface area contributed by atoms with Gasteiger partial charge < -0.3 is 0 Å². The van der Waals surface area contributed by atoms with Crippen molar-refractivity contribution in [1.82, 2.24) is 0 Å². The first-order valence-corrected chi connectivity index (χ1v) is 14.1. The SMILES string of the molecule is c1ccc([P+](Cc2cc3c(ccc4ccccc43)s2)(c2ccccc2)c2ccccc2)cc1. The van der Waals surface area contributed by atoms with Crippen LogP contribution in [0.4, 0.5) is 0 Å². The third-order valence-electron chi connectivity index (χ3n) is 6.46. The number of rotatable bonds is 5. The van der Waals surface area contributed by atoms with E-state index in [1.54, 1.807) is 0 Å². The molecule has 1 heterocycles. The van der Waals surface area contributed by atoms with Gasteiger partial charge in [0.2, 0.25) is 0 Å². The smallest absolute Gasteiger partial charge is 0.117 e. The van der Waals surface area contributed by atoms with Crippen LogP contribution in [-0.4, -0.2) is 0 Å². The Hall–Kier alpha value is -3.25. The summed E-state index contributed by atoms with van der Waals surface area (Å²) >= 11 is 1.95. The van der Waals surface area contributed by atoms with Crippen molar-refractivity contribution in [3.05, 3.63) is 138 Å². The van der Waals surface area contributed by atoms with Gasteiger partial charge >= 0.3 is 0 Å². The summed E-state index contributed by atoms with van der Waals surface area (Å²) in [6.07, 6.45) is 1.03. The summed E-state index contributed by atoms with van der Waals surface area (Å²) in [6, 6.07) is 49.2. The molecule has 33 heavy (non-hydrogen) atoms. The lowest BCUT2D eigenvalue weighted by atomic mass is 10.1. The largest absolute Gasteiger partial charge is 0.136 e. The van der Waals surface area contributed by atoms with Crippen LogP contribution in [0.3, 0.4) is 0 Å². The molecule has 1 aromatic heterocycles. The summed E-state index contributed by atoms with van der Waals surface area (Å²) < 4.78 is 1.37. The van der Waals surface area contributed by atoms with Gasteiger partial charge in [0.15, 0.2) is 0 Å². The van der Waals surface area contributed by atoms with Gasteiger partial charge in [-0.05, 0) is 59.3 Å². The molecule has 0 aliphatic carbocycles. The maximum absolute atomic E-state index is 2.45. The molecule has 0 nitrogen and oxygen atoms in total. The van der Waals surface area contributed by atoms with E-state index in [2.05, 4.69) is 133 Å². The fraction of sp³-hybridized carbons (Fsp3) is 0.0323. The molecule has 0 fully saturated rings. The molecule has 0 bridgehead atoms. The highest BCUT2D eigenvalue weighted by atomic mass is 32.1. The van der Waals surface area contributed by atoms with E-state index in [0.717, 1.165) is 6.16 Å². The molecule has 0 amide bonds. The Morgan fingerprint density at radius 1 is 0.485 bits per heavy atom. The van der Waals surface area contributed by atoms with Crippen LogP contribution in [0, 0.1) is 0 Å². The van der Waals surface area contributed by atoms with Crippen molar-refractivity contribution in [2.75, 3.05) is 0 Å². The first kappa shape index (κ1) is 20.4. The molecule has 0 atom stereocenters. The van der Waals surface area contributed by atoms with Crippen molar-refractivity contribution < 1.29 is 0 Å². The molecular formula is C31H24PS+. The van der Waals surface area contributed by atoms with Crippen LogP contribution in [0.1, 0.15) is 4.88 Å². The van der Waals surface area contributed by atoms with Gasteiger partial charge in [-0.3, -0.25) is 0 Å². The van der Waals surface area contributed by atoms with Gasteiger partial charge in [0.25, 0.3) is 0 Å². The lowest BCUT2D eigenvalue weighted by molar-refractivity contribution is 1.51. The van der Waals surface area contributed by atoms with Gasteiger partial charge in [0.1, 0.15) is 29.3 Å². The monoisotopic (exact) mass is 459 g/mol. The molecule has 0 saturated heterocycles. The maximum Gasteiger partial charge on any atom is 0.117 e. The van der Waals surface area contributed by atoms with E-state index in [1.165, 1.54) is 41.6 Å². The second-order valence-corrected chi connectivity index (χ2v) is 13.0. The Labute approximate surface area is 199 Å². The molecule has 158 valence electrons. The Bertz CT molecular complexity index is 1420. The van der Waals surface area contributed by atoms with Gasteiger partial charge in [-0.15, -0.1) is 11.3 Å². The van der Waals surface area contributed by atoms with E-state index in [-0.39, 0.29) is 0 Å². The van der Waals surface area contributed by atoms with E-state index in [9.17, 15) is 0 Å². The molecule has 0 unspecified atom stereocenters. The highest BCUT2D eigenvalue weighted by Crippen LogP contribution is 2.59. The van der Waals surface area contributed by atoms with Crippen molar-refractivity contribution in [3.8, 4) is 0 Å². The van der Waals surface area contributed by atoms with Gasteiger partial charge in [-0.1, -0.05) is 84.9 Å². The predicted molar refractivity (Wildman–Crippen MR) is 148 cm³/mol. The Morgan fingerprint density at radius 2 is 1.00 bits per heavy atom. The zero-order valence-corrected chi connectivity index (χ0v) is 20.0.